The number of aromatic hydroxyl groups is 1. The second-order valence-electron chi connectivity index (χ2n) is 4.03. The van der Waals surface area contributed by atoms with Gasteiger partial charge in [0.2, 0.25) is 0 Å². The first kappa shape index (κ1) is 14.4. The molecule has 18 heavy (non-hydrogen) atoms. The van der Waals surface area contributed by atoms with Gasteiger partial charge in [-0.15, -0.1) is 0 Å². The van der Waals surface area contributed by atoms with E-state index in [0.717, 1.165) is 25.0 Å². The second-order valence-corrected chi connectivity index (χ2v) is 4.03. The molecular weight excluding hydrogens is 237 g/mol. The highest BCUT2D eigenvalue weighted by atomic mass is 19.1. The fraction of sp³-hybridized carbons (Fsp3) is 0.462. The van der Waals surface area contributed by atoms with Crippen LogP contribution >= 0.6 is 0 Å². The van der Waals surface area contributed by atoms with Gasteiger partial charge in [0.05, 0.1) is 12.2 Å². The fourth-order valence-corrected chi connectivity index (χ4v) is 1.64. The van der Waals surface area contributed by atoms with E-state index in [0.29, 0.717) is 6.54 Å². The number of rotatable bonds is 6. The number of carbonyl (C=O) groups is 1. The molecule has 0 aliphatic carbocycles. The van der Waals surface area contributed by atoms with Crippen LogP contribution in [0.5, 0.6) is 5.75 Å². The smallest absolute Gasteiger partial charge is 0.257 e. The average molecular weight is 255 g/mol. The van der Waals surface area contributed by atoms with Gasteiger partial charge in [-0.2, -0.15) is 0 Å². The van der Waals surface area contributed by atoms with Gasteiger partial charge in [0.15, 0.2) is 0 Å². The number of amides is 1. The Bertz CT molecular complexity index is 409. The third-order valence-corrected chi connectivity index (χ3v) is 2.63. The topological polar surface area (TPSA) is 60.8 Å². The highest BCUT2D eigenvalue weighted by molar-refractivity contribution is 5.96. The van der Waals surface area contributed by atoms with E-state index in [9.17, 15) is 14.3 Å². The lowest BCUT2D eigenvalue weighted by Gasteiger charge is -2.22. The summed E-state index contributed by atoms with van der Waals surface area (Å²) >= 11 is 0. The molecule has 0 radical (unpaired) electrons. The number of carbonyl (C=O) groups excluding carboxylic acids is 1. The van der Waals surface area contributed by atoms with Gasteiger partial charge in [0.1, 0.15) is 11.6 Å². The maximum absolute atomic E-state index is 12.8. The molecule has 1 aromatic rings. The van der Waals surface area contributed by atoms with Crippen LogP contribution in [0.3, 0.4) is 0 Å². The molecule has 0 aliphatic heterocycles. The van der Waals surface area contributed by atoms with Gasteiger partial charge in [-0.3, -0.25) is 4.79 Å². The van der Waals surface area contributed by atoms with Gasteiger partial charge in [0.25, 0.3) is 5.91 Å². The average Bonchev–Trinajstić information content (AvgIpc) is 2.33. The van der Waals surface area contributed by atoms with Crippen molar-refractivity contribution >= 4 is 5.91 Å². The van der Waals surface area contributed by atoms with E-state index < -0.39 is 11.7 Å². The molecule has 2 N–H and O–H groups in total. The van der Waals surface area contributed by atoms with Crippen molar-refractivity contribution < 1.29 is 19.4 Å². The quantitative estimate of drug-likeness (QED) is 0.814. The lowest BCUT2D eigenvalue weighted by Crippen LogP contribution is -2.34. The molecule has 0 aromatic heterocycles. The Balaban J connectivity index is 2.87. The van der Waals surface area contributed by atoms with Gasteiger partial charge in [-0.05, 0) is 18.6 Å². The van der Waals surface area contributed by atoms with Crippen molar-refractivity contribution in [2.45, 2.75) is 19.8 Å². The van der Waals surface area contributed by atoms with Crippen LogP contribution in [-0.4, -0.2) is 40.7 Å². The van der Waals surface area contributed by atoms with E-state index in [1.165, 1.54) is 11.0 Å². The number of aliphatic hydroxyl groups is 1. The number of unbranched alkanes of at least 4 members (excludes halogenated alkanes) is 1. The standard InChI is InChI=1S/C13H18FNO3/c1-2-3-6-15(7-8-16)13(18)11-5-4-10(14)9-12(11)17/h4-5,9,16-17H,2-3,6-8H2,1H3. The fourth-order valence-electron chi connectivity index (χ4n) is 1.64. The summed E-state index contributed by atoms with van der Waals surface area (Å²) in [5.74, 6) is -1.36. The van der Waals surface area contributed by atoms with E-state index in [1.807, 2.05) is 6.92 Å². The zero-order valence-corrected chi connectivity index (χ0v) is 10.4. The Kier molecular flexibility index (Phi) is 5.58. The van der Waals surface area contributed by atoms with Gasteiger partial charge < -0.3 is 15.1 Å². The maximum Gasteiger partial charge on any atom is 0.257 e. The molecule has 5 heteroatoms. The predicted molar refractivity (Wildman–Crippen MR) is 66.0 cm³/mol. The van der Waals surface area contributed by atoms with Crippen molar-refractivity contribution in [2.75, 3.05) is 19.7 Å². The summed E-state index contributed by atoms with van der Waals surface area (Å²) in [6, 6.07) is 3.29. The second kappa shape index (κ2) is 6.96. The van der Waals surface area contributed by atoms with Gasteiger partial charge in [0, 0.05) is 19.2 Å². The monoisotopic (exact) mass is 255 g/mol. The van der Waals surface area contributed by atoms with Crippen LogP contribution in [0.4, 0.5) is 4.39 Å². The van der Waals surface area contributed by atoms with Crippen LogP contribution in [0.2, 0.25) is 0 Å². The molecule has 100 valence electrons. The predicted octanol–water partition coefficient (Wildman–Crippen LogP) is 1.77. The Morgan fingerprint density at radius 3 is 2.67 bits per heavy atom. The Labute approximate surface area is 106 Å². The lowest BCUT2D eigenvalue weighted by molar-refractivity contribution is 0.0716. The van der Waals surface area contributed by atoms with Crippen LogP contribution in [0, 0.1) is 5.82 Å². The van der Waals surface area contributed by atoms with E-state index in [4.69, 9.17) is 5.11 Å². The van der Waals surface area contributed by atoms with Crippen LogP contribution < -0.4 is 0 Å². The molecule has 0 saturated heterocycles. The molecule has 4 nitrogen and oxygen atoms in total. The molecule has 0 heterocycles. The van der Waals surface area contributed by atoms with Crippen molar-refractivity contribution in [3.8, 4) is 5.75 Å². The zero-order valence-electron chi connectivity index (χ0n) is 10.4. The largest absolute Gasteiger partial charge is 0.507 e. The number of benzene rings is 1. The van der Waals surface area contributed by atoms with Crippen molar-refractivity contribution in [3.63, 3.8) is 0 Å². The molecule has 0 saturated carbocycles. The molecule has 0 bridgehead atoms. The number of hydrogen-bond donors (Lipinski definition) is 2. The van der Waals surface area contributed by atoms with E-state index in [2.05, 4.69) is 0 Å². The van der Waals surface area contributed by atoms with Crippen LogP contribution in [0.15, 0.2) is 18.2 Å². The molecule has 1 rings (SSSR count). The molecule has 0 aliphatic rings. The summed E-state index contributed by atoms with van der Waals surface area (Å²) in [6.07, 6.45) is 1.73. The molecule has 0 spiro atoms. The molecule has 0 unspecified atom stereocenters. The molecule has 1 aromatic carbocycles. The number of aliphatic hydroxyl groups excluding tert-OH is 1. The highest BCUT2D eigenvalue weighted by Gasteiger charge is 2.18. The van der Waals surface area contributed by atoms with Crippen molar-refractivity contribution in [1.29, 1.82) is 0 Å². The van der Waals surface area contributed by atoms with Gasteiger partial charge in [-0.25, -0.2) is 4.39 Å². The summed E-state index contributed by atoms with van der Waals surface area (Å²) in [4.78, 5) is 13.6. The molecule has 1 amide bonds. The number of hydrogen-bond acceptors (Lipinski definition) is 3. The third-order valence-electron chi connectivity index (χ3n) is 2.63. The first-order valence-electron chi connectivity index (χ1n) is 5.98. The van der Waals surface area contributed by atoms with Gasteiger partial charge in [-0.1, -0.05) is 13.3 Å². The number of phenols is 1. The Morgan fingerprint density at radius 2 is 2.11 bits per heavy atom. The van der Waals surface area contributed by atoms with Crippen molar-refractivity contribution in [2.24, 2.45) is 0 Å². The van der Waals surface area contributed by atoms with E-state index >= 15 is 0 Å². The Hall–Kier alpha value is -1.62. The summed E-state index contributed by atoms with van der Waals surface area (Å²) in [5.41, 5.74) is 0.0564. The first-order chi connectivity index (χ1) is 8.60. The highest BCUT2D eigenvalue weighted by Crippen LogP contribution is 2.20. The third kappa shape index (κ3) is 3.70. The van der Waals surface area contributed by atoms with Crippen LogP contribution in [0.1, 0.15) is 30.1 Å². The zero-order chi connectivity index (χ0) is 13.5. The lowest BCUT2D eigenvalue weighted by atomic mass is 10.1. The number of halogens is 1. The maximum atomic E-state index is 12.8. The van der Waals surface area contributed by atoms with Crippen molar-refractivity contribution in [1.82, 2.24) is 4.90 Å². The summed E-state index contributed by atoms with van der Waals surface area (Å²) in [5, 5.41) is 18.5. The Morgan fingerprint density at radius 1 is 1.39 bits per heavy atom. The van der Waals surface area contributed by atoms with E-state index in [1.54, 1.807) is 0 Å². The molecule has 0 atom stereocenters. The normalized spacial score (nSPS) is 10.4. The summed E-state index contributed by atoms with van der Waals surface area (Å²) in [7, 11) is 0. The first-order valence-corrected chi connectivity index (χ1v) is 5.98. The SMILES string of the molecule is CCCCN(CCO)C(=O)c1ccc(F)cc1O. The van der Waals surface area contributed by atoms with Crippen molar-refractivity contribution in [3.05, 3.63) is 29.6 Å². The van der Waals surface area contributed by atoms with Crippen LogP contribution in [-0.2, 0) is 0 Å². The minimum Gasteiger partial charge on any atom is -0.507 e. The summed E-state index contributed by atoms with van der Waals surface area (Å²) in [6.45, 7) is 2.57. The van der Waals surface area contributed by atoms with E-state index in [-0.39, 0.29) is 24.5 Å². The van der Waals surface area contributed by atoms with Crippen LogP contribution in [0.25, 0.3) is 0 Å². The number of nitrogens with zero attached hydrogens (tertiary/aromatic N) is 1. The summed E-state index contributed by atoms with van der Waals surface area (Å²) < 4.78 is 12.8. The minimum absolute atomic E-state index is 0.0564. The molecular formula is C13H18FNO3. The van der Waals surface area contributed by atoms with Gasteiger partial charge >= 0.3 is 0 Å². The minimum atomic E-state index is -0.591. The number of phenolic OH excluding ortho intramolecular Hbond substituents is 1. The molecule has 0 fully saturated rings.